The fourth-order valence-electron chi connectivity index (χ4n) is 2.02. The first-order valence-corrected chi connectivity index (χ1v) is 5.62. The maximum atomic E-state index is 11.9. The molecule has 0 saturated carbocycles. The second-order valence-corrected chi connectivity index (χ2v) is 4.89. The van der Waals surface area contributed by atoms with E-state index in [-0.39, 0.29) is 11.4 Å². The highest BCUT2D eigenvalue weighted by Gasteiger charge is 2.28. The molecule has 1 N–H and O–H groups in total. The van der Waals surface area contributed by atoms with Gasteiger partial charge in [0.2, 0.25) is 5.91 Å². The van der Waals surface area contributed by atoms with E-state index in [1.54, 1.807) is 6.26 Å². The Morgan fingerprint density at radius 3 is 3.06 bits per heavy atom. The van der Waals surface area contributed by atoms with Gasteiger partial charge in [0.05, 0.1) is 12.8 Å². The smallest absolute Gasteiger partial charge is 0.224 e. The Bertz CT molecular complexity index is 357. The summed E-state index contributed by atoms with van der Waals surface area (Å²) in [6, 6.07) is 3.75. The third-order valence-corrected chi connectivity index (χ3v) is 2.81. The molecular formula is C12H18N2O2. The molecule has 1 aromatic rings. The van der Waals surface area contributed by atoms with Crippen LogP contribution in [0.25, 0.3) is 0 Å². The first-order chi connectivity index (χ1) is 7.57. The SMILES string of the molecule is CC1(C)CN(Cc2ccco2)C(=O)CCN1. The fraction of sp³-hybridized carbons (Fsp3) is 0.583. The van der Waals surface area contributed by atoms with Crippen molar-refractivity contribution in [3.8, 4) is 0 Å². The van der Waals surface area contributed by atoms with Crippen molar-refractivity contribution < 1.29 is 9.21 Å². The largest absolute Gasteiger partial charge is 0.467 e. The zero-order valence-electron chi connectivity index (χ0n) is 9.82. The summed E-state index contributed by atoms with van der Waals surface area (Å²) in [6.07, 6.45) is 2.20. The van der Waals surface area contributed by atoms with E-state index < -0.39 is 0 Å². The van der Waals surface area contributed by atoms with Crippen molar-refractivity contribution in [3.63, 3.8) is 0 Å². The highest BCUT2D eigenvalue weighted by atomic mass is 16.3. The van der Waals surface area contributed by atoms with Crippen LogP contribution in [0.15, 0.2) is 22.8 Å². The average Bonchev–Trinajstić information content (AvgIpc) is 2.64. The molecule has 0 atom stereocenters. The van der Waals surface area contributed by atoms with Crippen LogP contribution in [0.3, 0.4) is 0 Å². The molecule has 0 spiro atoms. The van der Waals surface area contributed by atoms with Crippen molar-refractivity contribution in [1.82, 2.24) is 10.2 Å². The Morgan fingerprint density at radius 2 is 2.38 bits per heavy atom. The second-order valence-electron chi connectivity index (χ2n) is 4.89. The Hall–Kier alpha value is -1.29. The average molecular weight is 222 g/mol. The van der Waals surface area contributed by atoms with E-state index in [0.717, 1.165) is 12.3 Å². The summed E-state index contributed by atoms with van der Waals surface area (Å²) < 4.78 is 5.28. The summed E-state index contributed by atoms with van der Waals surface area (Å²) >= 11 is 0. The van der Waals surface area contributed by atoms with E-state index in [1.807, 2.05) is 17.0 Å². The predicted molar refractivity (Wildman–Crippen MR) is 60.8 cm³/mol. The molecule has 4 nitrogen and oxygen atoms in total. The van der Waals surface area contributed by atoms with Gasteiger partial charge in [0.1, 0.15) is 5.76 Å². The zero-order chi connectivity index (χ0) is 11.6. The van der Waals surface area contributed by atoms with Crippen molar-refractivity contribution in [1.29, 1.82) is 0 Å². The van der Waals surface area contributed by atoms with Gasteiger partial charge < -0.3 is 14.6 Å². The molecular weight excluding hydrogens is 204 g/mol. The van der Waals surface area contributed by atoms with Crippen molar-refractivity contribution in [2.75, 3.05) is 13.1 Å². The molecule has 1 fully saturated rings. The molecule has 0 radical (unpaired) electrons. The minimum absolute atomic E-state index is 0.0290. The van der Waals surface area contributed by atoms with Crippen LogP contribution in [-0.2, 0) is 11.3 Å². The molecule has 1 saturated heterocycles. The Balaban J connectivity index is 2.08. The zero-order valence-corrected chi connectivity index (χ0v) is 9.82. The van der Waals surface area contributed by atoms with Crippen LogP contribution in [0.5, 0.6) is 0 Å². The summed E-state index contributed by atoms with van der Waals surface area (Å²) in [5, 5.41) is 3.37. The summed E-state index contributed by atoms with van der Waals surface area (Å²) in [4.78, 5) is 13.7. The number of amides is 1. The summed E-state index contributed by atoms with van der Waals surface area (Å²) in [5.41, 5.74) is -0.0290. The van der Waals surface area contributed by atoms with Gasteiger partial charge in [-0.15, -0.1) is 0 Å². The Morgan fingerprint density at radius 1 is 1.56 bits per heavy atom. The van der Waals surface area contributed by atoms with E-state index in [1.165, 1.54) is 0 Å². The molecule has 2 heterocycles. The molecule has 2 rings (SSSR count). The van der Waals surface area contributed by atoms with Crippen LogP contribution < -0.4 is 5.32 Å². The monoisotopic (exact) mass is 222 g/mol. The first-order valence-electron chi connectivity index (χ1n) is 5.62. The van der Waals surface area contributed by atoms with Gasteiger partial charge in [0, 0.05) is 25.0 Å². The molecule has 0 unspecified atom stereocenters. The molecule has 0 aromatic carbocycles. The van der Waals surface area contributed by atoms with Gasteiger partial charge in [-0.1, -0.05) is 0 Å². The molecule has 1 aliphatic rings. The van der Waals surface area contributed by atoms with Crippen LogP contribution in [0, 0.1) is 0 Å². The first kappa shape index (κ1) is 11.2. The van der Waals surface area contributed by atoms with Crippen molar-refractivity contribution in [2.24, 2.45) is 0 Å². The van der Waals surface area contributed by atoms with Crippen LogP contribution in [0.4, 0.5) is 0 Å². The van der Waals surface area contributed by atoms with Gasteiger partial charge in [-0.2, -0.15) is 0 Å². The summed E-state index contributed by atoms with van der Waals surface area (Å²) in [6.45, 7) is 6.26. The normalized spacial score (nSPS) is 20.9. The number of nitrogens with zero attached hydrogens (tertiary/aromatic N) is 1. The number of furan rings is 1. The minimum Gasteiger partial charge on any atom is -0.467 e. The van der Waals surface area contributed by atoms with Crippen molar-refractivity contribution in [2.45, 2.75) is 32.4 Å². The molecule has 1 aliphatic heterocycles. The van der Waals surface area contributed by atoms with E-state index in [2.05, 4.69) is 19.2 Å². The topological polar surface area (TPSA) is 45.5 Å². The predicted octanol–water partition coefficient (Wildman–Crippen LogP) is 1.38. The molecule has 0 bridgehead atoms. The van der Waals surface area contributed by atoms with Crippen LogP contribution >= 0.6 is 0 Å². The standard InChI is InChI=1S/C12H18N2O2/c1-12(2)9-14(11(15)5-6-13-12)8-10-4-3-7-16-10/h3-4,7,13H,5-6,8-9H2,1-2H3. The highest BCUT2D eigenvalue weighted by molar-refractivity contribution is 5.76. The number of hydrogen-bond donors (Lipinski definition) is 1. The number of carbonyl (C=O) groups excluding carboxylic acids is 1. The quantitative estimate of drug-likeness (QED) is 0.822. The van der Waals surface area contributed by atoms with Gasteiger partial charge in [-0.3, -0.25) is 4.79 Å². The van der Waals surface area contributed by atoms with Gasteiger partial charge in [0.15, 0.2) is 0 Å². The van der Waals surface area contributed by atoms with Crippen LogP contribution in [0.1, 0.15) is 26.0 Å². The van der Waals surface area contributed by atoms with Crippen LogP contribution in [-0.4, -0.2) is 29.4 Å². The lowest BCUT2D eigenvalue weighted by atomic mass is 10.1. The van der Waals surface area contributed by atoms with E-state index >= 15 is 0 Å². The maximum absolute atomic E-state index is 11.9. The Labute approximate surface area is 95.6 Å². The molecule has 1 amide bonds. The molecule has 88 valence electrons. The lowest BCUT2D eigenvalue weighted by Gasteiger charge is -2.29. The van der Waals surface area contributed by atoms with Crippen molar-refractivity contribution in [3.05, 3.63) is 24.2 Å². The van der Waals surface area contributed by atoms with E-state index in [4.69, 9.17) is 4.42 Å². The third-order valence-electron chi connectivity index (χ3n) is 2.81. The number of hydrogen-bond acceptors (Lipinski definition) is 3. The second kappa shape index (κ2) is 4.29. The van der Waals surface area contributed by atoms with Gasteiger partial charge in [0.25, 0.3) is 0 Å². The van der Waals surface area contributed by atoms with Gasteiger partial charge in [-0.05, 0) is 26.0 Å². The van der Waals surface area contributed by atoms with E-state index in [9.17, 15) is 4.79 Å². The van der Waals surface area contributed by atoms with Crippen LogP contribution in [0.2, 0.25) is 0 Å². The summed E-state index contributed by atoms with van der Waals surface area (Å²) in [7, 11) is 0. The lowest BCUT2D eigenvalue weighted by molar-refractivity contribution is -0.131. The lowest BCUT2D eigenvalue weighted by Crippen LogP contribution is -2.46. The molecule has 16 heavy (non-hydrogen) atoms. The van der Waals surface area contributed by atoms with Gasteiger partial charge >= 0.3 is 0 Å². The number of nitrogens with one attached hydrogen (secondary N) is 1. The molecule has 4 heteroatoms. The van der Waals surface area contributed by atoms with E-state index in [0.29, 0.717) is 19.5 Å². The number of rotatable bonds is 2. The minimum atomic E-state index is -0.0290. The Kier molecular flexibility index (Phi) is 3.01. The molecule has 1 aromatic heterocycles. The summed E-state index contributed by atoms with van der Waals surface area (Å²) in [5.74, 6) is 1.03. The van der Waals surface area contributed by atoms with Crippen molar-refractivity contribution >= 4 is 5.91 Å². The fourth-order valence-corrected chi connectivity index (χ4v) is 2.02. The maximum Gasteiger partial charge on any atom is 0.224 e. The highest BCUT2D eigenvalue weighted by Crippen LogP contribution is 2.14. The van der Waals surface area contributed by atoms with Gasteiger partial charge in [-0.25, -0.2) is 0 Å². The number of carbonyl (C=O) groups is 1. The molecule has 0 aliphatic carbocycles. The third kappa shape index (κ3) is 2.64.